The summed E-state index contributed by atoms with van der Waals surface area (Å²) in [5.74, 6) is -2.47. The highest BCUT2D eigenvalue weighted by Crippen LogP contribution is 2.34. The Labute approximate surface area is 253 Å². The fourth-order valence-electron chi connectivity index (χ4n) is 4.30. The minimum Gasteiger partial charge on any atom is -0.489 e. The van der Waals surface area contributed by atoms with E-state index in [1.54, 1.807) is 24.3 Å². The summed E-state index contributed by atoms with van der Waals surface area (Å²) in [5, 5.41) is 12.7. The first-order valence-electron chi connectivity index (χ1n) is 13.5. The lowest BCUT2D eigenvalue weighted by Crippen LogP contribution is -2.44. The first-order valence-corrected chi connectivity index (χ1v) is 15.0. The molecule has 44 heavy (non-hydrogen) atoms. The molecule has 0 radical (unpaired) electrons. The molecule has 0 bridgehead atoms. The van der Waals surface area contributed by atoms with Crippen molar-refractivity contribution in [3.8, 4) is 22.6 Å². The predicted molar refractivity (Wildman–Crippen MR) is 160 cm³/mol. The van der Waals surface area contributed by atoms with E-state index in [9.17, 15) is 31.5 Å². The molecule has 4 aromatic carbocycles. The van der Waals surface area contributed by atoms with Gasteiger partial charge in [0.1, 0.15) is 29.0 Å². The van der Waals surface area contributed by atoms with Gasteiger partial charge in [0.2, 0.25) is 10.0 Å². The van der Waals surface area contributed by atoms with Gasteiger partial charge in [-0.2, -0.15) is 4.72 Å². The average molecular weight is 629 g/mol. The van der Waals surface area contributed by atoms with E-state index in [1.807, 2.05) is 60.2 Å². The van der Waals surface area contributed by atoms with E-state index < -0.39 is 45.0 Å². The zero-order valence-electron chi connectivity index (χ0n) is 24.1. The lowest BCUT2D eigenvalue weighted by Gasteiger charge is -2.20. The normalized spacial score (nSPS) is 12.5. The molecule has 12 heteroatoms. The van der Waals surface area contributed by atoms with Gasteiger partial charge in [0.25, 0.3) is 0 Å². The average Bonchev–Trinajstić information content (AvgIpc) is 2.94. The summed E-state index contributed by atoms with van der Waals surface area (Å²) in [4.78, 5) is 10.7. The number of ether oxygens (including phenoxy) is 2. The highest BCUT2D eigenvalue weighted by atomic mass is 32.2. The Morgan fingerprint density at radius 1 is 0.886 bits per heavy atom. The van der Waals surface area contributed by atoms with Crippen molar-refractivity contribution >= 4 is 27.4 Å². The Morgan fingerprint density at radius 2 is 1.55 bits per heavy atom. The number of aryl methyl sites for hydroxylation is 1. The van der Waals surface area contributed by atoms with Gasteiger partial charge in [-0.1, -0.05) is 56.3 Å². The van der Waals surface area contributed by atoms with Crippen molar-refractivity contribution in [3.05, 3.63) is 102 Å². The van der Waals surface area contributed by atoms with Crippen LogP contribution in [0.15, 0.2) is 95.9 Å². The van der Waals surface area contributed by atoms with Crippen molar-refractivity contribution < 1.29 is 41.0 Å². The van der Waals surface area contributed by atoms with Crippen LogP contribution in [0.4, 0.5) is 24.5 Å². The molecule has 4 rings (SSSR count). The van der Waals surface area contributed by atoms with Crippen LogP contribution in [-0.2, 0) is 21.4 Å². The second-order valence-corrected chi connectivity index (χ2v) is 12.1. The molecular formula is C32H31F3N2O6S. The van der Waals surface area contributed by atoms with Gasteiger partial charge in [-0.25, -0.2) is 8.42 Å². The maximum Gasteiger partial charge on any atom is 0.573 e. The Kier molecular flexibility index (Phi) is 9.85. The van der Waals surface area contributed by atoms with E-state index in [4.69, 9.17) is 4.74 Å². The number of anilines is 2. The van der Waals surface area contributed by atoms with Crippen molar-refractivity contribution in [2.45, 2.75) is 44.7 Å². The topological polar surface area (TPSA) is 114 Å². The van der Waals surface area contributed by atoms with E-state index in [1.165, 1.54) is 19.9 Å². The number of rotatable bonds is 12. The van der Waals surface area contributed by atoms with E-state index in [-0.39, 0.29) is 12.2 Å². The van der Waals surface area contributed by atoms with Crippen molar-refractivity contribution in [1.29, 1.82) is 0 Å². The summed E-state index contributed by atoms with van der Waals surface area (Å²) in [6.07, 6.45) is -5.19. The number of nitrogens with one attached hydrogen (secondary N) is 2. The van der Waals surface area contributed by atoms with Crippen molar-refractivity contribution in [1.82, 2.24) is 4.72 Å². The van der Waals surface area contributed by atoms with E-state index >= 15 is 0 Å². The largest absolute Gasteiger partial charge is 0.573 e. The molecule has 0 heterocycles. The van der Waals surface area contributed by atoms with Crippen LogP contribution in [0, 0.1) is 12.8 Å². The number of carboxylic acid groups (broad SMARTS) is 1. The molecule has 0 aromatic heterocycles. The molecule has 232 valence electrons. The second-order valence-electron chi connectivity index (χ2n) is 10.4. The Morgan fingerprint density at radius 3 is 2.14 bits per heavy atom. The number of sulfonamides is 1. The van der Waals surface area contributed by atoms with Crippen LogP contribution in [0.3, 0.4) is 0 Å². The molecule has 0 saturated heterocycles. The Bertz CT molecular complexity index is 1710. The quantitative estimate of drug-likeness (QED) is 0.151. The summed E-state index contributed by atoms with van der Waals surface area (Å²) in [6, 6.07) is 23.9. The summed E-state index contributed by atoms with van der Waals surface area (Å²) >= 11 is 0. The van der Waals surface area contributed by atoms with E-state index in [2.05, 4.69) is 10.1 Å². The van der Waals surface area contributed by atoms with E-state index in [0.29, 0.717) is 11.3 Å². The molecule has 0 saturated carbocycles. The minimum atomic E-state index is -5.19. The highest BCUT2D eigenvalue weighted by Gasteiger charge is 2.36. The number of alkyl halides is 3. The number of carboxylic acids is 1. The smallest absolute Gasteiger partial charge is 0.489 e. The molecular weight excluding hydrogens is 597 g/mol. The molecule has 8 nitrogen and oxygen atoms in total. The van der Waals surface area contributed by atoms with Gasteiger partial charge >= 0.3 is 12.3 Å². The summed E-state index contributed by atoms with van der Waals surface area (Å²) in [7, 11) is -4.69. The summed E-state index contributed by atoms with van der Waals surface area (Å²) in [5.41, 5.74) is 4.56. The third kappa shape index (κ3) is 8.74. The zero-order chi connectivity index (χ0) is 32.1. The van der Waals surface area contributed by atoms with Gasteiger partial charge in [0.05, 0.1) is 0 Å². The third-order valence-electron chi connectivity index (χ3n) is 6.53. The first-order chi connectivity index (χ1) is 20.7. The number of aliphatic carboxylic acids is 1. The molecule has 3 N–H and O–H groups in total. The fourth-order valence-corrected chi connectivity index (χ4v) is 5.75. The number of benzene rings is 4. The van der Waals surface area contributed by atoms with Crippen LogP contribution in [0.5, 0.6) is 11.5 Å². The molecule has 0 fully saturated rings. The molecule has 0 aliphatic heterocycles. The summed E-state index contributed by atoms with van der Waals surface area (Å²) in [6.45, 7) is 5.18. The number of carbonyl (C=O) groups is 1. The van der Waals surface area contributed by atoms with Gasteiger partial charge in [0.15, 0.2) is 0 Å². The van der Waals surface area contributed by atoms with Crippen molar-refractivity contribution in [2.75, 3.05) is 5.32 Å². The molecule has 0 unspecified atom stereocenters. The van der Waals surface area contributed by atoms with Gasteiger partial charge in [-0.3, -0.25) is 4.79 Å². The van der Waals surface area contributed by atoms with Gasteiger partial charge in [-0.15, -0.1) is 13.2 Å². The van der Waals surface area contributed by atoms with Crippen LogP contribution in [0.1, 0.15) is 25.0 Å². The van der Waals surface area contributed by atoms with Crippen LogP contribution in [0.25, 0.3) is 11.1 Å². The fraction of sp³-hybridized carbons (Fsp3) is 0.219. The lowest BCUT2D eigenvalue weighted by molar-refractivity contribution is -0.275. The molecule has 0 aliphatic carbocycles. The van der Waals surface area contributed by atoms with E-state index in [0.717, 1.165) is 34.6 Å². The zero-order valence-corrected chi connectivity index (χ0v) is 24.9. The van der Waals surface area contributed by atoms with Gasteiger partial charge in [0, 0.05) is 11.4 Å². The highest BCUT2D eigenvalue weighted by molar-refractivity contribution is 7.89. The van der Waals surface area contributed by atoms with Gasteiger partial charge < -0.3 is 19.9 Å². The summed E-state index contributed by atoms with van der Waals surface area (Å²) < 4.78 is 77.4. The maximum atomic E-state index is 13.2. The molecule has 0 aliphatic rings. The third-order valence-corrected chi connectivity index (χ3v) is 8.01. The minimum absolute atomic E-state index is 0.233. The van der Waals surface area contributed by atoms with Crippen molar-refractivity contribution in [3.63, 3.8) is 0 Å². The molecule has 0 amide bonds. The van der Waals surface area contributed by atoms with Crippen LogP contribution >= 0.6 is 0 Å². The Balaban J connectivity index is 1.47. The van der Waals surface area contributed by atoms with Crippen molar-refractivity contribution in [2.24, 2.45) is 5.92 Å². The standard InChI is InChI=1S/C32H31F3N2O6S/c1-20(2)30(31(38)39)37-44(40,41)29-16-11-24(18-28(29)43-32(33,34)35)23-9-7-22(8-10-23)19-42-27-14-12-25(13-15-27)36-26-6-4-5-21(3)17-26/h4-18,20,30,36-37H,19H2,1-3H3,(H,38,39)/t30-/m1/s1. The second kappa shape index (κ2) is 13.4. The van der Waals surface area contributed by atoms with Crippen LogP contribution in [-0.4, -0.2) is 31.9 Å². The lowest BCUT2D eigenvalue weighted by atomic mass is 10.0. The molecule has 4 aromatic rings. The monoisotopic (exact) mass is 628 g/mol. The maximum absolute atomic E-state index is 13.2. The SMILES string of the molecule is Cc1cccc(Nc2ccc(OCc3ccc(-c4ccc(S(=O)(=O)N[C@@H](C(=O)O)C(C)C)c(OC(F)(F)F)c4)cc3)cc2)c1. The number of hydrogen-bond acceptors (Lipinski definition) is 6. The molecule has 0 spiro atoms. The van der Waals surface area contributed by atoms with Gasteiger partial charge in [-0.05, 0) is 83.6 Å². The van der Waals surface area contributed by atoms with Crippen LogP contribution < -0.4 is 19.5 Å². The Hall–Kier alpha value is -4.55. The number of halogens is 3. The molecule has 1 atom stereocenters. The predicted octanol–water partition coefficient (Wildman–Crippen LogP) is 7.27. The van der Waals surface area contributed by atoms with Crippen LogP contribution in [0.2, 0.25) is 0 Å². The number of hydrogen-bond donors (Lipinski definition) is 3. The first kappa shape index (κ1) is 32.4.